The Balaban J connectivity index is 2.17. The van der Waals surface area contributed by atoms with E-state index in [0.717, 1.165) is 42.8 Å². The molecule has 106 valence electrons. The molecule has 0 atom stereocenters. The van der Waals surface area contributed by atoms with Crippen molar-refractivity contribution < 1.29 is 0 Å². The molecule has 1 N–H and O–H groups in total. The number of nitrogens with one attached hydrogen (secondary N) is 1. The first-order valence-corrected chi connectivity index (χ1v) is 9.21. The minimum atomic E-state index is 0.855. The molecule has 1 aromatic rings. The predicted molar refractivity (Wildman–Crippen MR) is 86.7 cm³/mol. The lowest BCUT2D eigenvalue weighted by molar-refractivity contribution is 0.784. The molecule has 0 saturated carbocycles. The van der Waals surface area contributed by atoms with Gasteiger partial charge in [0.15, 0.2) is 5.16 Å². The highest BCUT2D eigenvalue weighted by Gasteiger charge is 2.13. The zero-order valence-corrected chi connectivity index (χ0v) is 13.3. The van der Waals surface area contributed by atoms with Crippen molar-refractivity contribution in [1.82, 2.24) is 9.97 Å². The van der Waals surface area contributed by atoms with E-state index >= 15 is 0 Å². The van der Waals surface area contributed by atoms with Gasteiger partial charge in [-0.3, -0.25) is 0 Å². The lowest BCUT2D eigenvalue weighted by Crippen LogP contribution is -2.26. The third kappa shape index (κ3) is 4.45. The van der Waals surface area contributed by atoms with Crippen LogP contribution in [-0.2, 0) is 0 Å². The molecule has 0 bridgehead atoms. The van der Waals surface area contributed by atoms with E-state index in [1.165, 1.54) is 17.9 Å². The monoisotopic (exact) mass is 298 g/mol. The molecular weight excluding hydrogens is 276 g/mol. The fraction of sp³-hybridized carbons (Fsp3) is 0.692. The van der Waals surface area contributed by atoms with Gasteiger partial charge in [-0.2, -0.15) is 11.8 Å². The minimum absolute atomic E-state index is 0.855. The second-order valence-electron chi connectivity index (χ2n) is 4.48. The summed E-state index contributed by atoms with van der Waals surface area (Å²) in [6.45, 7) is 5.31. The van der Waals surface area contributed by atoms with Gasteiger partial charge in [-0.15, -0.1) is 0 Å². The Morgan fingerprint density at radius 3 is 3.05 bits per heavy atom. The smallest absolute Gasteiger partial charge is 0.191 e. The van der Waals surface area contributed by atoms with Crippen molar-refractivity contribution >= 4 is 35.2 Å². The van der Waals surface area contributed by atoms with E-state index in [9.17, 15) is 0 Å². The van der Waals surface area contributed by atoms with Crippen LogP contribution in [0.4, 0.5) is 11.6 Å². The fourth-order valence-corrected chi connectivity index (χ4v) is 3.25. The van der Waals surface area contributed by atoms with Crippen LogP contribution in [0.25, 0.3) is 0 Å². The van der Waals surface area contributed by atoms with Crippen molar-refractivity contribution in [3.8, 4) is 0 Å². The molecule has 1 aromatic heterocycles. The van der Waals surface area contributed by atoms with Crippen LogP contribution in [0.3, 0.4) is 0 Å². The zero-order chi connectivity index (χ0) is 13.5. The second kappa shape index (κ2) is 7.85. The van der Waals surface area contributed by atoms with Crippen molar-refractivity contribution in [1.29, 1.82) is 0 Å². The first-order valence-electron chi connectivity index (χ1n) is 6.83. The van der Waals surface area contributed by atoms with E-state index in [1.54, 1.807) is 11.8 Å². The topological polar surface area (TPSA) is 41.0 Å². The van der Waals surface area contributed by atoms with Crippen molar-refractivity contribution in [2.75, 3.05) is 47.6 Å². The van der Waals surface area contributed by atoms with Gasteiger partial charge in [0.25, 0.3) is 0 Å². The van der Waals surface area contributed by atoms with E-state index in [2.05, 4.69) is 33.2 Å². The van der Waals surface area contributed by atoms with Crippen LogP contribution in [0.5, 0.6) is 0 Å². The summed E-state index contributed by atoms with van der Waals surface area (Å²) < 4.78 is 0. The van der Waals surface area contributed by atoms with E-state index in [0.29, 0.717) is 0 Å². The number of thioether (sulfide) groups is 2. The van der Waals surface area contributed by atoms with Crippen molar-refractivity contribution in [2.45, 2.75) is 24.9 Å². The molecule has 0 radical (unpaired) electrons. The fourth-order valence-electron chi connectivity index (χ4n) is 1.98. The first-order chi connectivity index (χ1) is 9.33. The van der Waals surface area contributed by atoms with Gasteiger partial charge < -0.3 is 10.2 Å². The van der Waals surface area contributed by atoms with Crippen LogP contribution in [0.1, 0.15) is 19.8 Å². The van der Waals surface area contributed by atoms with Crippen molar-refractivity contribution in [3.63, 3.8) is 0 Å². The molecule has 6 heteroatoms. The largest absolute Gasteiger partial charge is 0.370 e. The SMILES string of the molecule is CCCNc1cc(N2CCCSCC2)nc(SC)n1. The molecule has 19 heavy (non-hydrogen) atoms. The summed E-state index contributed by atoms with van der Waals surface area (Å²) in [5.41, 5.74) is 0. The normalized spacial score (nSPS) is 16.2. The molecule has 0 spiro atoms. The molecule has 2 heterocycles. The highest BCUT2D eigenvalue weighted by atomic mass is 32.2. The molecule has 2 rings (SSSR count). The second-order valence-corrected chi connectivity index (χ2v) is 6.48. The van der Waals surface area contributed by atoms with Gasteiger partial charge in [0.05, 0.1) is 0 Å². The van der Waals surface area contributed by atoms with Gasteiger partial charge in [0.1, 0.15) is 11.6 Å². The Morgan fingerprint density at radius 2 is 2.26 bits per heavy atom. The summed E-state index contributed by atoms with van der Waals surface area (Å²) in [5.74, 6) is 4.47. The number of hydrogen-bond donors (Lipinski definition) is 1. The summed E-state index contributed by atoms with van der Waals surface area (Å²) in [5, 5.41) is 4.22. The molecule has 0 amide bonds. The molecule has 1 fully saturated rings. The Hall–Kier alpha value is -0.620. The van der Waals surface area contributed by atoms with Crippen molar-refractivity contribution in [2.24, 2.45) is 0 Å². The number of hydrogen-bond acceptors (Lipinski definition) is 6. The Morgan fingerprint density at radius 1 is 1.37 bits per heavy atom. The molecular formula is C13H22N4S2. The molecule has 0 aromatic carbocycles. The van der Waals surface area contributed by atoms with Crippen LogP contribution in [-0.4, -0.2) is 47.4 Å². The maximum absolute atomic E-state index is 4.65. The van der Waals surface area contributed by atoms with Gasteiger partial charge in [-0.1, -0.05) is 18.7 Å². The number of rotatable bonds is 5. The quantitative estimate of drug-likeness (QED) is 0.666. The van der Waals surface area contributed by atoms with Crippen molar-refractivity contribution in [3.05, 3.63) is 6.07 Å². The van der Waals surface area contributed by atoms with Crippen LogP contribution in [0.2, 0.25) is 0 Å². The summed E-state index contributed by atoms with van der Waals surface area (Å²) in [4.78, 5) is 11.6. The van der Waals surface area contributed by atoms with Gasteiger partial charge in [-0.05, 0) is 24.9 Å². The predicted octanol–water partition coefficient (Wildman–Crippen LogP) is 2.96. The Labute approximate surface area is 124 Å². The summed E-state index contributed by atoms with van der Waals surface area (Å²) in [6.07, 6.45) is 4.37. The third-order valence-corrected chi connectivity index (χ3v) is 4.57. The average Bonchev–Trinajstić information content (AvgIpc) is 2.73. The minimum Gasteiger partial charge on any atom is -0.370 e. The standard InChI is InChI=1S/C13H22N4S2/c1-3-5-14-11-10-12(16-13(15-11)18-2)17-6-4-8-19-9-7-17/h10H,3-9H2,1-2H3,(H,14,15,16). The van der Waals surface area contributed by atoms with Crippen LogP contribution >= 0.6 is 23.5 Å². The van der Waals surface area contributed by atoms with Gasteiger partial charge in [0.2, 0.25) is 0 Å². The molecule has 1 aliphatic heterocycles. The lowest BCUT2D eigenvalue weighted by atomic mass is 10.3. The van der Waals surface area contributed by atoms with Crippen LogP contribution < -0.4 is 10.2 Å². The third-order valence-electron chi connectivity index (χ3n) is 2.98. The van der Waals surface area contributed by atoms with E-state index in [-0.39, 0.29) is 0 Å². The van der Waals surface area contributed by atoms with E-state index < -0.39 is 0 Å². The molecule has 4 nitrogen and oxygen atoms in total. The average molecular weight is 298 g/mol. The van der Waals surface area contributed by atoms with E-state index in [4.69, 9.17) is 0 Å². The summed E-state index contributed by atoms with van der Waals surface area (Å²) in [6, 6.07) is 2.09. The lowest BCUT2D eigenvalue weighted by Gasteiger charge is -2.22. The molecule has 1 saturated heterocycles. The van der Waals surface area contributed by atoms with E-state index in [1.807, 2.05) is 18.0 Å². The molecule has 0 aliphatic carbocycles. The molecule has 0 unspecified atom stereocenters. The number of nitrogens with zero attached hydrogens (tertiary/aromatic N) is 3. The summed E-state index contributed by atoms with van der Waals surface area (Å²) >= 11 is 3.64. The Kier molecular flexibility index (Phi) is 6.10. The van der Waals surface area contributed by atoms with Gasteiger partial charge >= 0.3 is 0 Å². The maximum Gasteiger partial charge on any atom is 0.191 e. The first kappa shape index (κ1) is 14.8. The molecule has 1 aliphatic rings. The van der Waals surface area contributed by atoms with Crippen LogP contribution in [0, 0.1) is 0 Å². The summed E-state index contributed by atoms with van der Waals surface area (Å²) in [7, 11) is 0. The van der Waals surface area contributed by atoms with Crippen LogP contribution in [0.15, 0.2) is 11.2 Å². The van der Waals surface area contributed by atoms with Gasteiger partial charge in [-0.25, -0.2) is 9.97 Å². The highest BCUT2D eigenvalue weighted by molar-refractivity contribution is 7.99. The highest BCUT2D eigenvalue weighted by Crippen LogP contribution is 2.22. The zero-order valence-electron chi connectivity index (χ0n) is 11.7. The Bertz CT molecular complexity index is 392. The number of anilines is 2. The number of aromatic nitrogens is 2. The maximum atomic E-state index is 4.65. The van der Waals surface area contributed by atoms with Gasteiger partial charge in [0, 0.05) is 31.5 Å².